The monoisotopic (exact) mass is 426 g/mol. The molecular formula is C24H19FN6O. The number of H-pyrrole nitrogens is 1. The Balaban J connectivity index is 1.55. The second-order valence-corrected chi connectivity index (χ2v) is 7.46. The predicted molar refractivity (Wildman–Crippen MR) is 125 cm³/mol. The minimum Gasteiger partial charge on any atom is -0.383 e. The highest BCUT2D eigenvalue weighted by Crippen LogP contribution is 2.37. The third kappa shape index (κ3) is 3.37. The van der Waals surface area contributed by atoms with Crippen LogP contribution in [0.3, 0.4) is 0 Å². The number of fused-ring (bicyclic) bond motifs is 2. The molecule has 5 N–H and O–H groups in total. The molecule has 0 aliphatic rings. The van der Waals surface area contributed by atoms with Crippen LogP contribution < -0.4 is 16.4 Å². The number of nitrogens with two attached hydrogens (primary N) is 1. The summed E-state index contributed by atoms with van der Waals surface area (Å²) in [5.41, 5.74) is 10.0. The quantitative estimate of drug-likeness (QED) is 0.307. The van der Waals surface area contributed by atoms with Gasteiger partial charge in [0, 0.05) is 11.6 Å². The number of aromatic amines is 1. The normalized spacial score (nSPS) is 11.1. The number of aromatic nitrogens is 3. The third-order valence-electron chi connectivity index (χ3n) is 5.32. The van der Waals surface area contributed by atoms with Gasteiger partial charge in [0.05, 0.1) is 16.8 Å². The van der Waals surface area contributed by atoms with E-state index in [0.717, 1.165) is 32.8 Å². The number of hydrogen-bond donors (Lipinski definition) is 4. The van der Waals surface area contributed by atoms with Crippen molar-refractivity contribution in [2.75, 3.05) is 16.4 Å². The van der Waals surface area contributed by atoms with Crippen molar-refractivity contribution in [2.45, 2.75) is 6.92 Å². The second kappa shape index (κ2) is 7.66. The molecule has 158 valence electrons. The molecule has 2 amide bonds. The van der Waals surface area contributed by atoms with Crippen LogP contribution in [0, 0.1) is 12.7 Å². The fraction of sp³-hybridized carbons (Fsp3) is 0.0417. The van der Waals surface area contributed by atoms with E-state index in [1.54, 1.807) is 18.3 Å². The highest BCUT2D eigenvalue weighted by molar-refractivity contribution is 6.12. The fourth-order valence-electron chi connectivity index (χ4n) is 3.85. The Morgan fingerprint density at radius 1 is 0.969 bits per heavy atom. The molecule has 5 aromatic rings. The van der Waals surface area contributed by atoms with Crippen LogP contribution in [0.15, 0.2) is 66.9 Å². The van der Waals surface area contributed by atoms with Crippen molar-refractivity contribution in [1.29, 1.82) is 0 Å². The summed E-state index contributed by atoms with van der Waals surface area (Å²) in [5.74, 6) is -0.0562. The average molecular weight is 426 g/mol. The van der Waals surface area contributed by atoms with Gasteiger partial charge in [0.15, 0.2) is 5.65 Å². The largest absolute Gasteiger partial charge is 0.383 e. The number of carbonyl (C=O) groups is 1. The first-order chi connectivity index (χ1) is 15.5. The van der Waals surface area contributed by atoms with Crippen molar-refractivity contribution in [3.8, 4) is 11.1 Å². The van der Waals surface area contributed by atoms with E-state index in [9.17, 15) is 9.18 Å². The Labute approximate surface area is 182 Å². The van der Waals surface area contributed by atoms with Gasteiger partial charge in [-0.05, 0) is 53.3 Å². The molecule has 3 aromatic carbocycles. The summed E-state index contributed by atoms with van der Waals surface area (Å²) < 4.78 is 14.0. The van der Waals surface area contributed by atoms with Crippen molar-refractivity contribution in [1.82, 2.24) is 15.2 Å². The summed E-state index contributed by atoms with van der Waals surface area (Å²) in [5, 5.41) is 14.8. The van der Waals surface area contributed by atoms with E-state index < -0.39 is 11.8 Å². The van der Waals surface area contributed by atoms with E-state index >= 15 is 0 Å². The molecule has 0 spiro atoms. The van der Waals surface area contributed by atoms with Gasteiger partial charge in [-0.25, -0.2) is 14.2 Å². The smallest absolute Gasteiger partial charge is 0.323 e. The average Bonchev–Trinajstić information content (AvgIpc) is 3.18. The summed E-state index contributed by atoms with van der Waals surface area (Å²) in [6.07, 6.45) is 1.68. The van der Waals surface area contributed by atoms with Crippen LogP contribution in [0.1, 0.15) is 5.56 Å². The van der Waals surface area contributed by atoms with Gasteiger partial charge in [0.2, 0.25) is 0 Å². The zero-order valence-electron chi connectivity index (χ0n) is 17.1. The molecule has 2 aromatic heterocycles. The Morgan fingerprint density at radius 2 is 1.75 bits per heavy atom. The molecule has 2 heterocycles. The van der Waals surface area contributed by atoms with E-state index in [-0.39, 0.29) is 5.69 Å². The molecule has 32 heavy (non-hydrogen) atoms. The lowest BCUT2D eigenvalue weighted by Gasteiger charge is -2.14. The van der Waals surface area contributed by atoms with Crippen LogP contribution >= 0.6 is 0 Å². The molecule has 8 heteroatoms. The third-order valence-corrected chi connectivity index (χ3v) is 5.32. The highest BCUT2D eigenvalue weighted by Gasteiger charge is 2.15. The maximum absolute atomic E-state index is 14.0. The number of nitrogen functional groups attached to an aromatic ring is 1. The summed E-state index contributed by atoms with van der Waals surface area (Å²) in [4.78, 5) is 16.9. The molecule has 0 aliphatic heterocycles. The SMILES string of the molecule is Cc1ccc(F)c(NC(=O)Nc2ccc(-c3ccnc4n[nH]c(N)c34)c3ccccc23)c1. The van der Waals surface area contributed by atoms with Crippen LogP contribution in [0.2, 0.25) is 0 Å². The molecule has 0 aliphatic carbocycles. The van der Waals surface area contributed by atoms with E-state index in [4.69, 9.17) is 5.73 Å². The zero-order valence-corrected chi connectivity index (χ0v) is 17.1. The van der Waals surface area contributed by atoms with Gasteiger partial charge in [0.1, 0.15) is 11.6 Å². The number of hydrogen-bond acceptors (Lipinski definition) is 4. The Morgan fingerprint density at radius 3 is 2.59 bits per heavy atom. The van der Waals surface area contributed by atoms with Gasteiger partial charge >= 0.3 is 6.03 Å². The lowest BCUT2D eigenvalue weighted by molar-refractivity contribution is 0.262. The minimum absolute atomic E-state index is 0.123. The van der Waals surface area contributed by atoms with Crippen molar-refractivity contribution in [2.24, 2.45) is 0 Å². The summed E-state index contributed by atoms with van der Waals surface area (Å²) in [7, 11) is 0. The Bertz CT molecular complexity index is 1490. The molecule has 0 fully saturated rings. The number of aryl methyl sites for hydroxylation is 1. The summed E-state index contributed by atoms with van der Waals surface area (Å²) in [6.45, 7) is 1.83. The molecular weight excluding hydrogens is 407 g/mol. The number of halogens is 1. The number of carbonyl (C=O) groups excluding carboxylic acids is 1. The van der Waals surface area contributed by atoms with Crippen molar-refractivity contribution in [3.63, 3.8) is 0 Å². The van der Waals surface area contributed by atoms with Crippen LogP contribution in [-0.4, -0.2) is 21.2 Å². The maximum atomic E-state index is 14.0. The molecule has 5 rings (SSSR count). The molecule has 0 unspecified atom stereocenters. The van der Waals surface area contributed by atoms with Gasteiger partial charge in [-0.2, -0.15) is 5.10 Å². The number of rotatable bonds is 3. The maximum Gasteiger partial charge on any atom is 0.323 e. The Kier molecular flexibility index (Phi) is 4.67. The van der Waals surface area contributed by atoms with Gasteiger partial charge in [-0.15, -0.1) is 0 Å². The van der Waals surface area contributed by atoms with Crippen molar-refractivity contribution >= 4 is 45.0 Å². The number of amides is 2. The number of nitrogens with one attached hydrogen (secondary N) is 3. The van der Waals surface area contributed by atoms with E-state index in [1.807, 2.05) is 49.4 Å². The molecule has 0 atom stereocenters. The van der Waals surface area contributed by atoms with Crippen molar-refractivity contribution < 1.29 is 9.18 Å². The molecule has 0 bridgehead atoms. The summed E-state index contributed by atoms with van der Waals surface area (Å²) >= 11 is 0. The van der Waals surface area contributed by atoms with Gasteiger partial charge in [0.25, 0.3) is 0 Å². The van der Waals surface area contributed by atoms with Crippen LogP contribution in [0.5, 0.6) is 0 Å². The molecule has 0 saturated heterocycles. The van der Waals surface area contributed by atoms with Gasteiger partial charge < -0.3 is 16.4 Å². The van der Waals surface area contributed by atoms with E-state index in [1.165, 1.54) is 6.07 Å². The lowest BCUT2D eigenvalue weighted by atomic mass is 9.96. The first kappa shape index (κ1) is 19.5. The van der Waals surface area contributed by atoms with E-state index in [0.29, 0.717) is 17.2 Å². The molecule has 7 nitrogen and oxygen atoms in total. The molecule has 0 saturated carbocycles. The standard InChI is InChI=1S/C24H19FN6O/c1-13-6-8-18(25)20(12-13)29-24(32)28-19-9-7-15(14-4-2-3-5-16(14)19)17-10-11-27-23-21(17)22(26)30-31-23/h2-12H,1H3,(H2,28,29,32)(H3,26,27,30,31). The molecule has 0 radical (unpaired) electrons. The zero-order chi connectivity index (χ0) is 22.2. The number of benzene rings is 3. The van der Waals surface area contributed by atoms with Gasteiger partial charge in [-0.3, -0.25) is 5.10 Å². The second-order valence-electron chi connectivity index (χ2n) is 7.46. The highest BCUT2D eigenvalue weighted by atomic mass is 19.1. The number of urea groups is 1. The number of pyridine rings is 1. The first-order valence-electron chi connectivity index (χ1n) is 9.96. The Hall–Kier alpha value is -4.46. The minimum atomic E-state index is -0.530. The fourth-order valence-corrected chi connectivity index (χ4v) is 3.85. The number of nitrogens with zero attached hydrogens (tertiary/aromatic N) is 2. The van der Waals surface area contributed by atoms with Crippen LogP contribution in [0.4, 0.5) is 26.4 Å². The topological polar surface area (TPSA) is 109 Å². The number of anilines is 3. The van der Waals surface area contributed by atoms with Crippen LogP contribution in [-0.2, 0) is 0 Å². The van der Waals surface area contributed by atoms with Gasteiger partial charge in [-0.1, -0.05) is 36.4 Å². The summed E-state index contributed by atoms with van der Waals surface area (Å²) in [6, 6.07) is 17.3. The predicted octanol–water partition coefficient (Wildman–Crippen LogP) is 5.45. The first-order valence-corrected chi connectivity index (χ1v) is 9.96. The lowest BCUT2D eigenvalue weighted by Crippen LogP contribution is -2.20. The van der Waals surface area contributed by atoms with Crippen LogP contribution in [0.25, 0.3) is 32.9 Å². The van der Waals surface area contributed by atoms with E-state index in [2.05, 4.69) is 25.8 Å². The van der Waals surface area contributed by atoms with Crippen molar-refractivity contribution in [3.05, 3.63) is 78.2 Å².